The van der Waals surface area contributed by atoms with Crippen LogP contribution >= 0.6 is 0 Å². The SMILES string of the molecule is CC1CCCCN1C1C=NC=CN1. The van der Waals surface area contributed by atoms with Crippen LogP contribution in [0.15, 0.2) is 17.4 Å². The highest BCUT2D eigenvalue weighted by atomic mass is 15.3. The lowest BCUT2D eigenvalue weighted by Crippen LogP contribution is -2.51. The normalized spacial score (nSPS) is 34.5. The maximum atomic E-state index is 4.16. The topological polar surface area (TPSA) is 27.6 Å². The first-order valence-corrected chi connectivity index (χ1v) is 5.08. The van der Waals surface area contributed by atoms with Gasteiger partial charge < -0.3 is 5.32 Å². The number of nitrogens with zero attached hydrogens (tertiary/aromatic N) is 2. The summed E-state index contributed by atoms with van der Waals surface area (Å²) in [5.41, 5.74) is 0. The van der Waals surface area contributed by atoms with Crippen molar-refractivity contribution in [2.45, 2.75) is 38.4 Å². The molecule has 2 aliphatic heterocycles. The highest BCUT2D eigenvalue weighted by Gasteiger charge is 2.24. The van der Waals surface area contributed by atoms with E-state index in [0.29, 0.717) is 12.2 Å². The largest absolute Gasteiger partial charge is 0.370 e. The second-order valence-electron chi connectivity index (χ2n) is 3.81. The van der Waals surface area contributed by atoms with E-state index < -0.39 is 0 Å². The number of piperidine rings is 1. The number of likely N-dealkylation sites (tertiary alicyclic amines) is 1. The van der Waals surface area contributed by atoms with Crippen LogP contribution in [0.25, 0.3) is 0 Å². The standard InChI is InChI=1S/C10H17N3/c1-9-4-2-3-7-13(9)10-8-11-5-6-12-10/h5-6,8-10,12H,2-4,7H2,1H3. The van der Waals surface area contributed by atoms with Gasteiger partial charge in [-0.15, -0.1) is 0 Å². The quantitative estimate of drug-likeness (QED) is 0.657. The van der Waals surface area contributed by atoms with E-state index in [0.717, 1.165) is 0 Å². The Kier molecular flexibility index (Phi) is 2.64. The fourth-order valence-corrected chi connectivity index (χ4v) is 2.07. The van der Waals surface area contributed by atoms with Crippen LogP contribution in [0.1, 0.15) is 26.2 Å². The van der Waals surface area contributed by atoms with Gasteiger partial charge in [0.2, 0.25) is 0 Å². The molecule has 72 valence electrons. The van der Waals surface area contributed by atoms with Crippen molar-refractivity contribution < 1.29 is 0 Å². The Balaban J connectivity index is 1.98. The van der Waals surface area contributed by atoms with E-state index >= 15 is 0 Å². The average molecular weight is 179 g/mol. The first-order valence-electron chi connectivity index (χ1n) is 5.08. The first-order chi connectivity index (χ1) is 6.38. The van der Waals surface area contributed by atoms with Gasteiger partial charge in [-0.3, -0.25) is 9.89 Å². The predicted octanol–water partition coefficient (Wildman–Crippen LogP) is 1.33. The maximum absolute atomic E-state index is 4.16. The van der Waals surface area contributed by atoms with Crippen LogP contribution in [-0.4, -0.2) is 29.9 Å². The molecule has 2 atom stereocenters. The molecule has 1 saturated heterocycles. The van der Waals surface area contributed by atoms with Crippen LogP contribution in [-0.2, 0) is 0 Å². The molecule has 0 radical (unpaired) electrons. The van der Waals surface area contributed by atoms with Crippen LogP contribution < -0.4 is 5.32 Å². The van der Waals surface area contributed by atoms with Gasteiger partial charge in [0.25, 0.3) is 0 Å². The molecule has 0 saturated carbocycles. The molecule has 0 aliphatic carbocycles. The van der Waals surface area contributed by atoms with Gasteiger partial charge in [0.1, 0.15) is 6.17 Å². The number of nitrogens with one attached hydrogen (secondary N) is 1. The number of hydrogen-bond acceptors (Lipinski definition) is 3. The second kappa shape index (κ2) is 3.92. The fraction of sp³-hybridized carbons (Fsp3) is 0.700. The van der Waals surface area contributed by atoms with Crippen molar-refractivity contribution in [2.75, 3.05) is 6.54 Å². The minimum Gasteiger partial charge on any atom is -0.370 e. The monoisotopic (exact) mass is 179 g/mol. The smallest absolute Gasteiger partial charge is 0.116 e. The molecule has 0 amide bonds. The van der Waals surface area contributed by atoms with Gasteiger partial charge in [0.15, 0.2) is 0 Å². The molecule has 1 fully saturated rings. The lowest BCUT2D eigenvalue weighted by molar-refractivity contribution is 0.129. The van der Waals surface area contributed by atoms with Gasteiger partial charge in [-0.05, 0) is 19.8 Å². The van der Waals surface area contributed by atoms with E-state index in [-0.39, 0.29) is 0 Å². The summed E-state index contributed by atoms with van der Waals surface area (Å²) in [6, 6.07) is 0.684. The molecule has 0 aromatic rings. The molecule has 0 bridgehead atoms. The summed E-state index contributed by atoms with van der Waals surface area (Å²) < 4.78 is 0. The highest BCUT2D eigenvalue weighted by molar-refractivity contribution is 5.65. The Morgan fingerprint density at radius 3 is 3.08 bits per heavy atom. The summed E-state index contributed by atoms with van der Waals surface area (Å²) in [5.74, 6) is 0. The van der Waals surface area contributed by atoms with Gasteiger partial charge >= 0.3 is 0 Å². The summed E-state index contributed by atoms with van der Waals surface area (Å²) in [5, 5.41) is 3.32. The molecule has 2 rings (SSSR count). The second-order valence-corrected chi connectivity index (χ2v) is 3.81. The minimum atomic E-state index is 0.320. The Morgan fingerprint density at radius 1 is 1.46 bits per heavy atom. The van der Waals surface area contributed by atoms with Gasteiger partial charge in [-0.2, -0.15) is 0 Å². The third-order valence-electron chi connectivity index (χ3n) is 2.87. The molecule has 1 N–H and O–H groups in total. The molecule has 0 aromatic heterocycles. The zero-order valence-electron chi connectivity index (χ0n) is 8.11. The van der Waals surface area contributed by atoms with E-state index in [9.17, 15) is 0 Å². The van der Waals surface area contributed by atoms with Crippen molar-refractivity contribution in [1.82, 2.24) is 10.2 Å². The summed E-state index contributed by atoms with van der Waals surface area (Å²) in [6.07, 6.45) is 10.0. The van der Waals surface area contributed by atoms with Gasteiger partial charge in [0, 0.05) is 31.2 Å². The molecule has 2 aliphatic rings. The zero-order valence-corrected chi connectivity index (χ0v) is 8.11. The molecular formula is C10H17N3. The van der Waals surface area contributed by atoms with Crippen LogP contribution in [0.4, 0.5) is 0 Å². The summed E-state index contributed by atoms with van der Waals surface area (Å²) >= 11 is 0. The van der Waals surface area contributed by atoms with Crippen molar-refractivity contribution in [3.63, 3.8) is 0 Å². The molecule has 3 nitrogen and oxygen atoms in total. The number of rotatable bonds is 1. The van der Waals surface area contributed by atoms with Crippen molar-refractivity contribution >= 4 is 6.21 Å². The molecule has 13 heavy (non-hydrogen) atoms. The summed E-state index contributed by atoms with van der Waals surface area (Å²) in [6.45, 7) is 3.49. The van der Waals surface area contributed by atoms with E-state index in [1.165, 1.54) is 25.8 Å². The molecule has 2 unspecified atom stereocenters. The number of hydrogen-bond donors (Lipinski definition) is 1. The third-order valence-corrected chi connectivity index (χ3v) is 2.87. The Bertz CT molecular complexity index is 222. The molecule has 3 heteroatoms. The average Bonchev–Trinajstić information content (AvgIpc) is 2.20. The molecule has 0 aromatic carbocycles. The highest BCUT2D eigenvalue weighted by Crippen LogP contribution is 2.18. The minimum absolute atomic E-state index is 0.320. The maximum Gasteiger partial charge on any atom is 0.116 e. The van der Waals surface area contributed by atoms with Gasteiger partial charge in [0.05, 0.1) is 0 Å². The lowest BCUT2D eigenvalue weighted by Gasteiger charge is -2.38. The lowest BCUT2D eigenvalue weighted by atomic mass is 10.0. The Morgan fingerprint density at radius 2 is 2.38 bits per heavy atom. The number of aliphatic imine (C=N–C) groups is 1. The fourth-order valence-electron chi connectivity index (χ4n) is 2.07. The van der Waals surface area contributed by atoms with Crippen LogP contribution in [0.3, 0.4) is 0 Å². The van der Waals surface area contributed by atoms with Crippen LogP contribution in [0.2, 0.25) is 0 Å². The van der Waals surface area contributed by atoms with E-state index in [2.05, 4.69) is 22.1 Å². The summed E-state index contributed by atoms with van der Waals surface area (Å²) in [4.78, 5) is 6.64. The first kappa shape index (κ1) is 8.75. The van der Waals surface area contributed by atoms with Gasteiger partial charge in [-0.25, -0.2) is 0 Å². The zero-order chi connectivity index (χ0) is 9.10. The van der Waals surface area contributed by atoms with Gasteiger partial charge in [-0.1, -0.05) is 6.42 Å². The van der Waals surface area contributed by atoms with Crippen LogP contribution in [0, 0.1) is 0 Å². The van der Waals surface area contributed by atoms with Crippen molar-refractivity contribution in [1.29, 1.82) is 0 Å². The predicted molar refractivity (Wildman–Crippen MR) is 54.6 cm³/mol. The van der Waals surface area contributed by atoms with Crippen molar-refractivity contribution in [3.8, 4) is 0 Å². The van der Waals surface area contributed by atoms with E-state index in [1.807, 2.05) is 12.4 Å². The molecule has 2 heterocycles. The Hall–Kier alpha value is -0.830. The van der Waals surface area contributed by atoms with E-state index in [1.54, 1.807) is 6.20 Å². The Labute approximate surface area is 79.5 Å². The van der Waals surface area contributed by atoms with Crippen molar-refractivity contribution in [2.24, 2.45) is 4.99 Å². The van der Waals surface area contributed by atoms with E-state index in [4.69, 9.17) is 0 Å². The third kappa shape index (κ3) is 1.91. The molecule has 0 spiro atoms. The van der Waals surface area contributed by atoms with Crippen molar-refractivity contribution in [3.05, 3.63) is 12.4 Å². The summed E-state index contributed by atoms with van der Waals surface area (Å²) in [7, 11) is 0. The van der Waals surface area contributed by atoms with Crippen LogP contribution in [0.5, 0.6) is 0 Å². The molecular weight excluding hydrogens is 162 g/mol.